The third-order valence-corrected chi connectivity index (χ3v) is 4.29. The van der Waals surface area contributed by atoms with Crippen molar-refractivity contribution < 1.29 is 14.7 Å². The van der Waals surface area contributed by atoms with Crippen molar-refractivity contribution >= 4 is 29.3 Å². The van der Waals surface area contributed by atoms with Crippen molar-refractivity contribution in [2.24, 2.45) is 0 Å². The number of aliphatic hydroxyl groups is 1. The van der Waals surface area contributed by atoms with Crippen LogP contribution in [0.25, 0.3) is 0 Å². The van der Waals surface area contributed by atoms with Crippen LogP contribution in [-0.2, 0) is 9.59 Å². The number of carbonyl (C=O) groups is 2. The molecular weight excluding hydrogens is 264 g/mol. The molecule has 102 valence electrons. The largest absolute Gasteiger partial charge is 0.396 e. The normalized spacial score (nSPS) is 21.5. The van der Waals surface area contributed by atoms with Crippen LogP contribution in [0.4, 0.5) is 5.69 Å². The highest BCUT2D eigenvalue weighted by atomic mass is 32.2. The van der Waals surface area contributed by atoms with Gasteiger partial charge in [0.25, 0.3) is 0 Å². The van der Waals surface area contributed by atoms with Crippen molar-refractivity contribution in [2.45, 2.75) is 23.0 Å². The monoisotopic (exact) mass is 280 g/mol. The van der Waals surface area contributed by atoms with E-state index in [-0.39, 0.29) is 18.4 Å². The van der Waals surface area contributed by atoms with E-state index in [2.05, 4.69) is 10.6 Å². The van der Waals surface area contributed by atoms with Crippen molar-refractivity contribution in [3.05, 3.63) is 24.3 Å². The molecule has 0 aliphatic carbocycles. The van der Waals surface area contributed by atoms with Crippen molar-refractivity contribution in [3.63, 3.8) is 0 Å². The fourth-order valence-corrected chi connectivity index (χ4v) is 2.89. The van der Waals surface area contributed by atoms with Crippen LogP contribution in [0.1, 0.15) is 13.3 Å². The molecule has 0 bridgehead atoms. The molecule has 6 heteroatoms. The van der Waals surface area contributed by atoms with Gasteiger partial charge in [0.1, 0.15) is 0 Å². The minimum atomic E-state index is -1.18. The quantitative estimate of drug-likeness (QED) is 0.567. The fraction of sp³-hybridized carbons (Fsp3) is 0.385. The molecule has 0 saturated heterocycles. The second kappa shape index (κ2) is 5.63. The summed E-state index contributed by atoms with van der Waals surface area (Å²) in [6.07, 6.45) is 0.477. The van der Waals surface area contributed by atoms with Crippen molar-refractivity contribution in [1.82, 2.24) is 5.32 Å². The molecule has 1 atom stereocenters. The standard InChI is InChI=1S/C13H16N2O3S/c1-13(11(17)14-7-4-8-16)12(18)15-9-5-2-3-6-10(9)19-13/h2-3,5-6,16H,4,7-8H2,1H3,(H,14,17)(H,15,18). The van der Waals surface area contributed by atoms with Gasteiger partial charge in [-0.05, 0) is 25.5 Å². The molecular formula is C13H16N2O3S. The molecule has 1 aliphatic heterocycles. The molecule has 0 saturated carbocycles. The Morgan fingerprint density at radius 2 is 2.21 bits per heavy atom. The molecule has 0 spiro atoms. The van der Waals surface area contributed by atoms with Crippen LogP contribution >= 0.6 is 11.8 Å². The van der Waals surface area contributed by atoms with Gasteiger partial charge in [-0.25, -0.2) is 0 Å². The van der Waals surface area contributed by atoms with E-state index in [0.29, 0.717) is 13.0 Å². The van der Waals surface area contributed by atoms with Gasteiger partial charge in [0.2, 0.25) is 11.8 Å². The van der Waals surface area contributed by atoms with E-state index in [1.54, 1.807) is 6.92 Å². The highest BCUT2D eigenvalue weighted by molar-refractivity contribution is 8.02. The topological polar surface area (TPSA) is 78.4 Å². The number of carbonyl (C=O) groups excluding carboxylic acids is 2. The molecule has 1 unspecified atom stereocenters. The lowest BCUT2D eigenvalue weighted by atomic mass is 10.1. The SMILES string of the molecule is CC1(C(=O)NCCCO)Sc2ccccc2NC1=O. The molecule has 19 heavy (non-hydrogen) atoms. The molecule has 1 aromatic carbocycles. The number of aliphatic hydroxyl groups excluding tert-OH is 1. The summed E-state index contributed by atoms with van der Waals surface area (Å²) in [5, 5.41) is 14.1. The average Bonchev–Trinajstić information content (AvgIpc) is 2.40. The van der Waals surface area contributed by atoms with Crippen LogP contribution < -0.4 is 10.6 Å². The summed E-state index contributed by atoms with van der Waals surface area (Å²) in [6, 6.07) is 7.39. The van der Waals surface area contributed by atoms with Crippen LogP contribution in [0.3, 0.4) is 0 Å². The number of rotatable bonds is 4. The summed E-state index contributed by atoms with van der Waals surface area (Å²) in [7, 11) is 0. The third-order valence-electron chi connectivity index (χ3n) is 2.94. The number of thioether (sulfide) groups is 1. The molecule has 1 aliphatic rings. The zero-order valence-electron chi connectivity index (χ0n) is 10.6. The second-order valence-corrected chi connectivity index (χ2v) is 5.88. The maximum absolute atomic E-state index is 12.1. The highest BCUT2D eigenvalue weighted by Gasteiger charge is 2.45. The van der Waals surface area contributed by atoms with E-state index in [1.165, 1.54) is 11.8 Å². The molecule has 0 radical (unpaired) electrons. The Morgan fingerprint density at radius 3 is 2.95 bits per heavy atom. The lowest BCUT2D eigenvalue weighted by Crippen LogP contribution is -2.52. The Balaban J connectivity index is 2.15. The average molecular weight is 280 g/mol. The van der Waals surface area contributed by atoms with Crippen LogP contribution in [0, 0.1) is 0 Å². The third kappa shape index (κ3) is 2.74. The highest BCUT2D eigenvalue weighted by Crippen LogP contribution is 2.42. The fourth-order valence-electron chi connectivity index (χ4n) is 1.77. The maximum atomic E-state index is 12.1. The van der Waals surface area contributed by atoms with E-state index in [9.17, 15) is 9.59 Å². The molecule has 0 aromatic heterocycles. The van der Waals surface area contributed by atoms with E-state index < -0.39 is 4.75 Å². The molecule has 5 nitrogen and oxygen atoms in total. The predicted octanol–water partition coefficient (Wildman–Crippen LogP) is 0.988. The lowest BCUT2D eigenvalue weighted by molar-refractivity contribution is -0.129. The number of fused-ring (bicyclic) bond motifs is 1. The van der Waals surface area contributed by atoms with Gasteiger partial charge in [0.15, 0.2) is 4.75 Å². The minimum Gasteiger partial charge on any atom is -0.396 e. The zero-order chi connectivity index (χ0) is 13.9. The number of amides is 2. The summed E-state index contributed by atoms with van der Waals surface area (Å²) < 4.78 is -1.18. The Hall–Kier alpha value is -1.53. The maximum Gasteiger partial charge on any atom is 0.250 e. The predicted molar refractivity (Wildman–Crippen MR) is 74.0 cm³/mol. The van der Waals surface area contributed by atoms with Gasteiger partial charge in [-0.15, -0.1) is 0 Å². The molecule has 2 amide bonds. The van der Waals surface area contributed by atoms with Crippen LogP contribution in [0.2, 0.25) is 0 Å². The van der Waals surface area contributed by atoms with Gasteiger partial charge < -0.3 is 15.7 Å². The molecule has 3 N–H and O–H groups in total. The summed E-state index contributed by atoms with van der Waals surface area (Å²) in [5.74, 6) is -0.657. The number of anilines is 1. The summed E-state index contributed by atoms with van der Waals surface area (Å²) in [6.45, 7) is 1.98. The van der Waals surface area contributed by atoms with Gasteiger partial charge in [0, 0.05) is 18.0 Å². The number of para-hydroxylation sites is 1. The zero-order valence-corrected chi connectivity index (χ0v) is 11.4. The van der Waals surface area contributed by atoms with E-state index in [1.807, 2.05) is 24.3 Å². The van der Waals surface area contributed by atoms with Crippen molar-refractivity contribution in [3.8, 4) is 0 Å². The Bertz CT molecular complexity index is 506. The van der Waals surface area contributed by atoms with Crippen LogP contribution in [0.5, 0.6) is 0 Å². The summed E-state index contributed by atoms with van der Waals surface area (Å²) in [5.41, 5.74) is 0.734. The first-order chi connectivity index (χ1) is 9.08. The van der Waals surface area contributed by atoms with Crippen LogP contribution in [-0.4, -0.2) is 34.8 Å². The van der Waals surface area contributed by atoms with E-state index in [4.69, 9.17) is 5.11 Å². The summed E-state index contributed by atoms with van der Waals surface area (Å²) in [4.78, 5) is 25.1. The molecule has 0 fully saturated rings. The van der Waals surface area contributed by atoms with E-state index in [0.717, 1.165) is 10.6 Å². The minimum absolute atomic E-state index is 0.0131. The van der Waals surface area contributed by atoms with Gasteiger partial charge in [-0.2, -0.15) is 0 Å². The lowest BCUT2D eigenvalue weighted by Gasteiger charge is -2.31. The molecule has 1 aromatic rings. The van der Waals surface area contributed by atoms with Gasteiger partial charge in [-0.3, -0.25) is 9.59 Å². The molecule has 1 heterocycles. The smallest absolute Gasteiger partial charge is 0.250 e. The molecule has 2 rings (SSSR count). The first-order valence-electron chi connectivity index (χ1n) is 6.06. The first-order valence-corrected chi connectivity index (χ1v) is 6.88. The number of hydrogen-bond acceptors (Lipinski definition) is 4. The van der Waals surface area contributed by atoms with Gasteiger partial charge in [-0.1, -0.05) is 23.9 Å². The van der Waals surface area contributed by atoms with Crippen molar-refractivity contribution in [1.29, 1.82) is 0 Å². The van der Waals surface area contributed by atoms with Crippen molar-refractivity contribution in [2.75, 3.05) is 18.5 Å². The van der Waals surface area contributed by atoms with Gasteiger partial charge in [0.05, 0.1) is 5.69 Å². The number of hydrogen-bond donors (Lipinski definition) is 3. The van der Waals surface area contributed by atoms with E-state index >= 15 is 0 Å². The second-order valence-electron chi connectivity index (χ2n) is 4.42. The van der Waals surface area contributed by atoms with Gasteiger partial charge >= 0.3 is 0 Å². The Kier molecular flexibility index (Phi) is 4.11. The number of nitrogens with one attached hydrogen (secondary N) is 2. The Labute approximate surface area is 115 Å². The first kappa shape index (κ1) is 13.9. The Morgan fingerprint density at radius 1 is 1.47 bits per heavy atom. The van der Waals surface area contributed by atoms with Crippen LogP contribution in [0.15, 0.2) is 29.2 Å². The number of benzene rings is 1. The summed E-state index contributed by atoms with van der Waals surface area (Å²) >= 11 is 1.25.